The van der Waals surface area contributed by atoms with E-state index < -0.39 is 18.2 Å². The lowest BCUT2D eigenvalue weighted by Crippen LogP contribution is -2.45. The molecule has 120 valence electrons. The summed E-state index contributed by atoms with van der Waals surface area (Å²) in [6.45, 7) is 4.89. The fraction of sp³-hybridized carbons (Fsp3) is 0.786. The molecule has 2 amide bonds. The number of carboxylic acid groups (broad SMARTS) is 1. The Balaban J connectivity index is 2.57. The quantitative estimate of drug-likeness (QED) is 0.676. The molecular formula is C14H24N2O5. The molecule has 2 atom stereocenters. The summed E-state index contributed by atoms with van der Waals surface area (Å²) in [4.78, 5) is 36.4. The normalized spacial score (nSPS) is 21.0. The molecular weight excluding hydrogens is 276 g/mol. The fourth-order valence-corrected chi connectivity index (χ4v) is 2.23. The Kier molecular flexibility index (Phi) is 7.14. The van der Waals surface area contributed by atoms with Gasteiger partial charge >= 0.3 is 5.97 Å². The third-order valence-corrected chi connectivity index (χ3v) is 3.28. The van der Waals surface area contributed by atoms with Gasteiger partial charge in [0.1, 0.15) is 6.10 Å². The summed E-state index contributed by atoms with van der Waals surface area (Å²) in [6, 6.07) is 0. The first kappa shape index (κ1) is 17.4. The number of nitrogens with zero attached hydrogens (tertiary/aromatic N) is 1. The van der Waals surface area contributed by atoms with E-state index in [4.69, 9.17) is 9.84 Å². The zero-order valence-corrected chi connectivity index (χ0v) is 12.6. The smallest absolute Gasteiger partial charge is 0.332 e. The minimum Gasteiger partial charge on any atom is -0.479 e. The number of aliphatic carboxylic acids is 1. The lowest BCUT2D eigenvalue weighted by molar-refractivity contribution is -0.155. The molecule has 0 aromatic carbocycles. The van der Waals surface area contributed by atoms with Crippen molar-refractivity contribution in [2.45, 2.75) is 51.7 Å². The zero-order valence-electron chi connectivity index (χ0n) is 12.6. The molecule has 21 heavy (non-hydrogen) atoms. The van der Waals surface area contributed by atoms with Crippen LogP contribution in [-0.4, -0.2) is 59.6 Å². The molecule has 1 aliphatic rings. The molecule has 2 N–H and O–H groups in total. The highest BCUT2D eigenvalue weighted by Gasteiger charge is 2.36. The summed E-state index contributed by atoms with van der Waals surface area (Å²) in [5, 5.41) is 11.6. The van der Waals surface area contributed by atoms with Crippen LogP contribution in [0.25, 0.3) is 0 Å². The van der Waals surface area contributed by atoms with Crippen molar-refractivity contribution in [2.24, 2.45) is 0 Å². The van der Waals surface area contributed by atoms with Crippen LogP contribution in [-0.2, 0) is 19.1 Å². The number of nitrogens with one attached hydrogen (secondary N) is 1. The van der Waals surface area contributed by atoms with Crippen molar-refractivity contribution in [1.82, 2.24) is 10.2 Å². The Morgan fingerprint density at radius 2 is 1.86 bits per heavy atom. The number of carboxylic acids is 1. The highest BCUT2D eigenvalue weighted by Crippen LogP contribution is 2.21. The number of hydrogen-bond donors (Lipinski definition) is 2. The van der Waals surface area contributed by atoms with Crippen LogP contribution >= 0.6 is 0 Å². The lowest BCUT2D eigenvalue weighted by Gasteiger charge is -2.24. The van der Waals surface area contributed by atoms with Gasteiger partial charge in [0.25, 0.3) is 5.91 Å². The summed E-state index contributed by atoms with van der Waals surface area (Å²) >= 11 is 0. The van der Waals surface area contributed by atoms with E-state index in [2.05, 4.69) is 5.32 Å². The van der Waals surface area contributed by atoms with Crippen LogP contribution in [0.4, 0.5) is 0 Å². The van der Waals surface area contributed by atoms with Crippen LogP contribution in [0.5, 0.6) is 0 Å². The van der Waals surface area contributed by atoms with Gasteiger partial charge in [0.05, 0.1) is 6.54 Å². The fourth-order valence-electron chi connectivity index (χ4n) is 2.23. The number of hydrogen-bond acceptors (Lipinski definition) is 4. The van der Waals surface area contributed by atoms with E-state index in [-0.39, 0.29) is 18.4 Å². The predicted molar refractivity (Wildman–Crippen MR) is 75.7 cm³/mol. The van der Waals surface area contributed by atoms with Crippen LogP contribution in [0.15, 0.2) is 0 Å². The van der Waals surface area contributed by atoms with Gasteiger partial charge < -0.3 is 20.1 Å². The predicted octanol–water partition coefficient (Wildman–Crippen LogP) is 0.383. The summed E-state index contributed by atoms with van der Waals surface area (Å²) in [5.41, 5.74) is 0. The van der Waals surface area contributed by atoms with Crippen molar-refractivity contribution in [3.8, 4) is 0 Å². The standard InChI is InChI=1S/C14H24N2O5/c1-3-7-15-12(17)9-16(8-4-2)13(18)10-5-6-11(21-10)14(19)20/h10-11H,3-9H2,1-2H3,(H,15,17)(H,19,20). The van der Waals surface area contributed by atoms with Gasteiger partial charge in [0.2, 0.25) is 5.91 Å². The molecule has 0 aromatic heterocycles. The Bertz CT molecular complexity index is 386. The number of rotatable bonds is 8. The topological polar surface area (TPSA) is 95.9 Å². The molecule has 0 radical (unpaired) electrons. The van der Waals surface area contributed by atoms with E-state index in [0.717, 1.165) is 12.8 Å². The Labute approximate surface area is 124 Å². The molecule has 0 aliphatic carbocycles. The van der Waals surface area contributed by atoms with Crippen LogP contribution in [0.2, 0.25) is 0 Å². The molecule has 1 saturated heterocycles. The van der Waals surface area contributed by atoms with Gasteiger partial charge in [-0.25, -0.2) is 4.79 Å². The monoisotopic (exact) mass is 300 g/mol. The van der Waals surface area contributed by atoms with Crippen molar-refractivity contribution < 1.29 is 24.2 Å². The Morgan fingerprint density at radius 3 is 2.38 bits per heavy atom. The average Bonchev–Trinajstić information content (AvgIpc) is 2.93. The van der Waals surface area contributed by atoms with Crippen molar-refractivity contribution in [3.05, 3.63) is 0 Å². The number of carbonyl (C=O) groups is 3. The van der Waals surface area contributed by atoms with Gasteiger partial charge in [-0.2, -0.15) is 0 Å². The van der Waals surface area contributed by atoms with Gasteiger partial charge in [-0.05, 0) is 25.7 Å². The molecule has 0 saturated carbocycles. The van der Waals surface area contributed by atoms with Gasteiger partial charge in [0, 0.05) is 13.1 Å². The van der Waals surface area contributed by atoms with Gasteiger partial charge in [-0.15, -0.1) is 0 Å². The maximum Gasteiger partial charge on any atom is 0.332 e. The third-order valence-electron chi connectivity index (χ3n) is 3.28. The van der Waals surface area contributed by atoms with Crippen LogP contribution in [0, 0.1) is 0 Å². The van der Waals surface area contributed by atoms with Crippen LogP contribution < -0.4 is 5.32 Å². The third kappa shape index (κ3) is 5.34. The zero-order chi connectivity index (χ0) is 15.8. The molecule has 7 nitrogen and oxygen atoms in total. The molecule has 1 heterocycles. The van der Waals surface area contributed by atoms with E-state index in [1.54, 1.807) is 0 Å². The van der Waals surface area contributed by atoms with Crippen LogP contribution in [0.3, 0.4) is 0 Å². The van der Waals surface area contributed by atoms with Crippen molar-refractivity contribution in [3.63, 3.8) is 0 Å². The summed E-state index contributed by atoms with van der Waals surface area (Å²) < 4.78 is 5.25. The van der Waals surface area contributed by atoms with Crippen molar-refractivity contribution >= 4 is 17.8 Å². The largest absolute Gasteiger partial charge is 0.479 e. The second-order valence-corrected chi connectivity index (χ2v) is 5.14. The van der Waals surface area contributed by atoms with Gasteiger partial charge in [-0.3, -0.25) is 9.59 Å². The SMILES string of the molecule is CCCNC(=O)CN(CCC)C(=O)C1CCC(C(=O)O)O1. The molecule has 0 bridgehead atoms. The number of carbonyl (C=O) groups excluding carboxylic acids is 2. The molecule has 1 aliphatic heterocycles. The number of ether oxygens (including phenoxy) is 1. The van der Waals surface area contributed by atoms with Crippen LogP contribution in [0.1, 0.15) is 39.5 Å². The minimum atomic E-state index is -1.05. The average molecular weight is 300 g/mol. The second kappa shape index (κ2) is 8.61. The first-order chi connectivity index (χ1) is 9.99. The van der Waals surface area contributed by atoms with Crippen molar-refractivity contribution in [1.29, 1.82) is 0 Å². The summed E-state index contributed by atoms with van der Waals surface area (Å²) in [5.74, 6) is -1.55. The minimum absolute atomic E-state index is 0.00965. The molecule has 0 aromatic rings. The van der Waals surface area contributed by atoms with E-state index in [1.165, 1.54) is 4.90 Å². The van der Waals surface area contributed by atoms with E-state index in [1.807, 2.05) is 13.8 Å². The first-order valence-corrected chi connectivity index (χ1v) is 7.43. The molecule has 1 fully saturated rings. The number of amides is 2. The van der Waals surface area contributed by atoms with Gasteiger partial charge in [0.15, 0.2) is 6.10 Å². The highest BCUT2D eigenvalue weighted by atomic mass is 16.5. The Morgan fingerprint density at radius 1 is 1.19 bits per heavy atom. The summed E-state index contributed by atoms with van der Waals surface area (Å²) in [7, 11) is 0. The summed E-state index contributed by atoms with van der Waals surface area (Å²) in [6.07, 6.45) is 0.592. The maximum absolute atomic E-state index is 12.3. The molecule has 1 rings (SSSR count). The first-order valence-electron chi connectivity index (χ1n) is 7.43. The maximum atomic E-state index is 12.3. The lowest BCUT2D eigenvalue weighted by atomic mass is 10.1. The van der Waals surface area contributed by atoms with E-state index in [0.29, 0.717) is 25.9 Å². The molecule has 2 unspecified atom stereocenters. The highest BCUT2D eigenvalue weighted by molar-refractivity contribution is 5.87. The van der Waals surface area contributed by atoms with Crippen molar-refractivity contribution in [2.75, 3.05) is 19.6 Å². The second-order valence-electron chi connectivity index (χ2n) is 5.14. The Hall–Kier alpha value is -1.63. The molecule has 7 heteroatoms. The van der Waals surface area contributed by atoms with E-state index in [9.17, 15) is 14.4 Å². The molecule has 0 spiro atoms. The van der Waals surface area contributed by atoms with E-state index >= 15 is 0 Å². The van der Waals surface area contributed by atoms with Gasteiger partial charge in [-0.1, -0.05) is 13.8 Å².